The van der Waals surface area contributed by atoms with E-state index in [-0.39, 0.29) is 17.9 Å². The van der Waals surface area contributed by atoms with Crippen LogP contribution in [0.4, 0.5) is 0 Å². The van der Waals surface area contributed by atoms with Gasteiger partial charge < -0.3 is 19.4 Å². The lowest BCUT2D eigenvalue weighted by Crippen LogP contribution is -2.48. The summed E-state index contributed by atoms with van der Waals surface area (Å²) in [6.07, 6.45) is 1.58. The molecule has 3 heterocycles. The molecule has 6 nitrogen and oxygen atoms in total. The number of rotatable bonds is 7. The van der Waals surface area contributed by atoms with E-state index in [1.54, 1.807) is 41.7 Å². The van der Waals surface area contributed by atoms with E-state index in [9.17, 15) is 9.59 Å². The number of hydrogen-bond donors (Lipinski definition) is 1. The van der Waals surface area contributed by atoms with Gasteiger partial charge in [0.25, 0.3) is 5.91 Å². The lowest BCUT2D eigenvalue weighted by atomic mass is 9.81. The zero-order valence-corrected chi connectivity index (χ0v) is 16.9. The van der Waals surface area contributed by atoms with Crippen molar-refractivity contribution in [3.8, 4) is 0 Å². The summed E-state index contributed by atoms with van der Waals surface area (Å²) in [6, 6.07) is 14.5. The summed E-state index contributed by atoms with van der Waals surface area (Å²) in [7, 11) is 1.61. The minimum atomic E-state index is -0.519. The molecule has 0 saturated heterocycles. The van der Waals surface area contributed by atoms with Crippen LogP contribution in [-0.2, 0) is 16.1 Å². The van der Waals surface area contributed by atoms with Crippen molar-refractivity contribution < 1.29 is 18.7 Å². The van der Waals surface area contributed by atoms with Gasteiger partial charge in [0.1, 0.15) is 5.76 Å². The number of fused-ring (bicyclic) bond motifs is 1. The maximum absolute atomic E-state index is 13.4. The topological polar surface area (TPSA) is 71.8 Å². The Bertz CT molecular complexity index is 969. The highest BCUT2D eigenvalue weighted by atomic mass is 32.1. The van der Waals surface area contributed by atoms with E-state index in [0.717, 1.165) is 10.4 Å². The number of amides is 2. The number of ether oxygens (including phenoxy) is 1. The fourth-order valence-electron chi connectivity index (χ4n) is 3.78. The van der Waals surface area contributed by atoms with Gasteiger partial charge in [0.05, 0.1) is 31.4 Å². The third-order valence-corrected chi connectivity index (χ3v) is 6.05. The van der Waals surface area contributed by atoms with Crippen LogP contribution in [0.1, 0.15) is 38.5 Å². The molecule has 0 fully saturated rings. The van der Waals surface area contributed by atoms with Crippen molar-refractivity contribution in [1.82, 2.24) is 10.2 Å². The van der Waals surface area contributed by atoms with Gasteiger partial charge in [0, 0.05) is 24.1 Å². The highest BCUT2D eigenvalue weighted by Gasteiger charge is 2.44. The van der Waals surface area contributed by atoms with Gasteiger partial charge in [-0.3, -0.25) is 9.59 Å². The average Bonchev–Trinajstić information content (AvgIpc) is 3.45. The number of thiophene rings is 1. The van der Waals surface area contributed by atoms with Gasteiger partial charge >= 0.3 is 0 Å². The van der Waals surface area contributed by atoms with E-state index in [2.05, 4.69) is 5.32 Å². The molecule has 29 heavy (non-hydrogen) atoms. The molecule has 2 atom stereocenters. The Morgan fingerprint density at radius 1 is 1.21 bits per heavy atom. The SMILES string of the molecule is COCCN1C(=O)c2ccccc2[C@H](C(=O)NCc2ccco2)[C@H]1c1cccs1. The first-order chi connectivity index (χ1) is 14.2. The molecule has 1 N–H and O–H groups in total. The van der Waals surface area contributed by atoms with Crippen LogP contribution in [0.25, 0.3) is 0 Å². The summed E-state index contributed by atoms with van der Waals surface area (Å²) in [5.41, 5.74) is 1.32. The Balaban J connectivity index is 1.74. The van der Waals surface area contributed by atoms with Gasteiger partial charge in [0.15, 0.2) is 0 Å². The smallest absolute Gasteiger partial charge is 0.254 e. The molecule has 2 aromatic heterocycles. The van der Waals surface area contributed by atoms with Gasteiger partial charge in [-0.25, -0.2) is 0 Å². The predicted molar refractivity (Wildman–Crippen MR) is 110 cm³/mol. The number of hydrogen-bond acceptors (Lipinski definition) is 5. The number of carbonyl (C=O) groups excluding carboxylic acids is 2. The molecule has 0 spiro atoms. The Kier molecular flexibility index (Phi) is 5.78. The minimum absolute atomic E-state index is 0.0777. The van der Waals surface area contributed by atoms with E-state index < -0.39 is 5.92 Å². The van der Waals surface area contributed by atoms with Gasteiger partial charge in [-0.1, -0.05) is 24.3 Å². The Morgan fingerprint density at radius 3 is 2.79 bits per heavy atom. The van der Waals surface area contributed by atoms with Crippen molar-refractivity contribution in [3.63, 3.8) is 0 Å². The van der Waals surface area contributed by atoms with Crippen LogP contribution >= 0.6 is 11.3 Å². The normalized spacial score (nSPS) is 18.5. The van der Waals surface area contributed by atoms with Gasteiger partial charge in [0.2, 0.25) is 5.91 Å². The average molecular weight is 410 g/mol. The highest BCUT2D eigenvalue weighted by Crippen LogP contribution is 2.44. The molecule has 150 valence electrons. The summed E-state index contributed by atoms with van der Waals surface area (Å²) in [4.78, 5) is 29.4. The second-order valence-corrected chi connectivity index (χ2v) is 7.79. The number of benzene rings is 1. The number of nitrogens with zero attached hydrogens (tertiary/aromatic N) is 1. The van der Waals surface area contributed by atoms with E-state index >= 15 is 0 Å². The van der Waals surface area contributed by atoms with Gasteiger partial charge in [-0.05, 0) is 35.2 Å². The summed E-state index contributed by atoms with van der Waals surface area (Å²) >= 11 is 1.55. The van der Waals surface area contributed by atoms with Crippen LogP contribution in [0.2, 0.25) is 0 Å². The first-order valence-electron chi connectivity index (χ1n) is 9.43. The fourth-order valence-corrected chi connectivity index (χ4v) is 4.66. The Morgan fingerprint density at radius 2 is 2.07 bits per heavy atom. The van der Waals surface area contributed by atoms with Crippen LogP contribution in [0.15, 0.2) is 64.6 Å². The first kappa shape index (κ1) is 19.4. The number of nitrogens with one attached hydrogen (secondary N) is 1. The fraction of sp³-hybridized carbons (Fsp3) is 0.273. The molecule has 0 unspecified atom stereocenters. The third-order valence-electron chi connectivity index (χ3n) is 5.11. The molecule has 4 rings (SSSR count). The second kappa shape index (κ2) is 8.63. The number of carbonyl (C=O) groups is 2. The van der Waals surface area contributed by atoms with Gasteiger partial charge in [-0.2, -0.15) is 0 Å². The maximum Gasteiger partial charge on any atom is 0.254 e. The molecule has 7 heteroatoms. The molecule has 1 aliphatic rings. The second-order valence-electron chi connectivity index (χ2n) is 6.81. The lowest BCUT2D eigenvalue weighted by Gasteiger charge is -2.41. The largest absolute Gasteiger partial charge is 0.467 e. The standard InChI is InChI=1S/C22H22N2O4S/c1-27-12-10-24-20(18-9-5-13-29-18)19(16-7-2-3-8-17(16)22(24)26)21(25)23-14-15-6-4-11-28-15/h2-9,11,13,19-20H,10,12,14H2,1H3,(H,23,25)/t19-,20+/m0/s1. The van der Waals surface area contributed by atoms with Crippen molar-refractivity contribution in [2.24, 2.45) is 0 Å². The molecule has 1 aliphatic heterocycles. The summed E-state index contributed by atoms with van der Waals surface area (Å²) in [5, 5.41) is 4.95. The Hall–Kier alpha value is -2.90. The maximum atomic E-state index is 13.4. The molecule has 0 aliphatic carbocycles. The summed E-state index contributed by atoms with van der Waals surface area (Å²) in [5.74, 6) is -0.0508. The van der Waals surface area contributed by atoms with Crippen molar-refractivity contribution in [2.45, 2.75) is 18.5 Å². The van der Waals surface area contributed by atoms with Crippen LogP contribution in [0.5, 0.6) is 0 Å². The predicted octanol–water partition coefficient (Wildman–Crippen LogP) is 3.58. The van der Waals surface area contributed by atoms with Crippen LogP contribution in [0, 0.1) is 0 Å². The van der Waals surface area contributed by atoms with Crippen LogP contribution in [0.3, 0.4) is 0 Å². The summed E-state index contributed by atoms with van der Waals surface area (Å²) < 4.78 is 10.6. The monoisotopic (exact) mass is 410 g/mol. The summed E-state index contributed by atoms with van der Waals surface area (Å²) in [6.45, 7) is 1.11. The van der Waals surface area contributed by atoms with Crippen molar-refractivity contribution in [2.75, 3.05) is 20.3 Å². The van der Waals surface area contributed by atoms with Crippen LogP contribution in [-0.4, -0.2) is 37.0 Å². The lowest BCUT2D eigenvalue weighted by molar-refractivity contribution is -0.124. The zero-order valence-electron chi connectivity index (χ0n) is 16.0. The van der Waals surface area contributed by atoms with E-state index in [1.807, 2.05) is 41.8 Å². The molecular formula is C22H22N2O4S. The minimum Gasteiger partial charge on any atom is -0.467 e. The molecular weight excluding hydrogens is 388 g/mol. The van der Waals surface area contributed by atoms with E-state index in [1.165, 1.54) is 0 Å². The van der Waals surface area contributed by atoms with Crippen molar-refractivity contribution >= 4 is 23.2 Å². The molecule has 0 bridgehead atoms. The van der Waals surface area contributed by atoms with E-state index in [0.29, 0.717) is 31.0 Å². The molecule has 2 amide bonds. The number of furan rings is 1. The van der Waals surface area contributed by atoms with E-state index in [4.69, 9.17) is 9.15 Å². The zero-order chi connectivity index (χ0) is 20.2. The molecule has 1 aromatic carbocycles. The first-order valence-corrected chi connectivity index (χ1v) is 10.3. The molecule has 0 radical (unpaired) electrons. The quantitative estimate of drug-likeness (QED) is 0.646. The number of methoxy groups -OCH3 is 1. The van der Waals surface area contributed by atoms with Crippen LogP contribution < -0.4 is 5.32 Å². The third kappa shape index (κ3) is 3.83. The van der Waals surface area contributed by atoms with Gasteiger partial charge in [-0.15, -0.1) is 11.3 Å². The van der Waals surface area contributed by atoms with Crippen molar-refractivity contribution in [1.29, 1.82) is 0 Å². The highest BCUT2D eigenvalue weighted by molar-refractivity contribution is 7.10. The molecule has 0 saturated carbocycles. The Labute approximate surface area is 173 Å². The van der Waals surface area contributed by atoms with Crippen molar-refractivity contribution in [3.05, 3.63) is 81.9 Å². The molecule has 3 aromatic rings.